The number of aromatic nitrogens is 1. The van der Waals surface area contributed by atoms with Gasteiger partial charge < -0.3 is 5.32 Å². The summed E-state index contributed by atoms with van der Waals surface area (Å²) in [5.41, 5.74) is 0.508. The van der Waals surface area contributed by atoms with Crippen molar-refractivity contribution in [2.24, 2.45) is 5.92 Å². The molecule has 2 aromatic rings. The average Bonchev–Trinajstić information content (AvgIpc) is 3.05. The van der Waals surface area contributed by atoms with E-state index in [1.807, 2.05) is 6.07 Å². The molecule has 1 atom stereocenters. The van der Waals surface area contributed by atoms with Gasteiger partial charge in [0, 0.05) is 7.05 Å². The van der Waals surface area contributed by atoms with E-state index in [0.29, 0.717) is 19.9 Å². The molecule has 0 bridgehead atoms. The smallest absolute Gasteiger partial charge is 0.245 e. The molecule has 2 rings (SSSR count). The van der Waals surface area contributed by atoms with Crippen LogP contribution in [0.3, 0.4) is 0 Å². The van der Waals surface area contributed by atoms with Crippen molar-refractivity contribution in [3.8, 4) is 16.0 Å². The minimum atomic E-state index is -1.35. The first-order chi connectivity index (χ1) is 9.97. The normalized spacial score (nSPS) is 11.7. The summed E-state index contributed by atoms with van der Waals surface area (Å²) in [6, 6.07) is 5.30. The molecule has 108 valence electrons. The number of nitrogens with one attached hydrogen (secondary N) is 1. The molecule has 0 unspecified atom stereocenters. The van der Waals surface area contributed by atoms with E-state index in [1.54, 1.807) is 19.1 Å². The lowest BCUT2D eigenvalue weighted by molar-refractivity contribution is -0.121. The highest BCUT2D eigenvalue weighted by atomic mass is 35.5. The van der Waals surface area contributed by atoms with Gasteiger partial charge >= 0.3 is 0 Å². The summed E-state index contributed by atoms with van der Waals surface area (Å²) in [6.45, 7) is 1.68. The molecular formula is C13H10ClN3O2S2. The molecule has 0 spiro atoms. The number of aryl methyl sites for hydroxylation is 1. The molecule has 8 heteroatoms. The maximum atomic E-state index is 12.3. The molecule has 0 fully saturated rings. The van der Waals surface area contributed by atoms with Crippen molar-refractivity contribution >= 4 is 46.0 Å². The first kappa shape index (κ1) is 15.6. The van der Waals surface area contributed by atoms with E-state index in [2.05, 4.69) is 10.3 Å². The highest BCUT2D eigenvalue weighted by Crippen LogP contribution is 2.35. The second-order valence-electron chi connectivity index (χ2n) is 4.08. The molecule has 1 amide bonds. The molecule has 1 N–H and O–H groups in total. The van der Waals surface area contributed by atoms with Crippen LogP contribution in [-0.4, -0.2) is 23.7 Å². The Morgan fingerprint density at radius 2 is 2.14 bits per heavy atom. The predicted molar refractivity (Wildman–Crippen MR) is 82.7 cm³/mol. The number of nitrogens with zero attached hydrogens (tertiary/aromatic N) is 2. The zero-order valence-electron chi connectivity index (χ0n) is 11.1. The zero-order valence-corrected chi connectivity index (χ0v) is 13.5. The summed E-state index contributed by atoms with van der Waals surface area (Å²) in [7, 11) is 1.39. The molecule has 0 aliphatic heterocycles. The molecule has 2 heterocycles. The Labute approximate surface area is 134 Å². The quantitative estimate of drug-likeness (QED) is 0.685. The number of hydrogen-bond acceptors (Lipinski definition) is 6. The van der Waals surface area contributed by atoms with Crippen molar-refractivity contribution < 1.29 is 9.59 Å². The predicted octanol–water partition coefficient (Wildman–Crippen LogP) is 2.90. The van der Waals surface area contributed by atoms with Gasteiger partial charge in [-0.3, -0.25) is 9.59 Å². The zero-order chi connectivity index (χ0) is 15.6. The van der Waals surface area contributed by atoms with Crippen LogP contribution in [0.2, 0.25) is 4.34 Å². The van der Waals surface area contributed by atoms with Gasteiger partial charge in [0.05, 0.1) is 25.9 Å². The molecule has 2 aromatic heterocycles. The molecule has 0 aliphatic rings. The number of amides is 1. The molecule has 0 aliphatic carbocycles. The minimum Gasteiger partial charge on any atom is -0.358 e. The molecule has 21 heavy (non-hydrogen) atoms. The maximum absolute atomic E-state index is 12.3. The van der Waals surface area contributed by atoms with E-state index in [4.69, 9.17) is 16.9 Å². The van der Waals surface area contributed by atoms with Crippen LogP contribution in [-0.2, 0) is 4.79 Å². The Hall–Kier alpha value is -1.75. The highest BCUT2D eigenvalue weighted by molar-refractivity contribution is 7.24. The van der Waals surface area contributed by atoms with Gasteiger partial charge in [0.15, 0.2) is 5.92 Å². The lowest BCUT2D eigenvalue weighted by Crippen LogP contribution is -2.32. The highest BCUT2D eigenvalue weighted by Gasteiger charge is 2.30. The van der Waals surface area contributed by atoms with Crippen LogP contribution < -0.4 is 5.32 Å². The standard InChI is InChI=1S/C13H10ClN3O2S2/c1-6-11(10(18)7(5-15)12(19)16-2)21-13(17-6)8-3-4-9(14)20-8/h3-4,7H,1-2H3,(H,16,19)/t7-/m1/s1. The third kappa shape index (κ3) is 3.13. The van der Waals surface area contributed by atoms with Gasteiger partial charge in [-0.15, -0.1) is 22.7 Å². The van der Waals surface area contributed by atoms with E-state index in [0.717, 1.165) is 4.88 Å². The van der Waals surface area contributed by atoms with Crippen molar-refractivity contribution in [2.45, 2.75) is 6.92 Å². The summed E-state index contributed by atoms with van der Waals surface area (Å²) >= 11 is 8.41. The lowest BCUT2D eigenvalue weighted by Gasteiger charge is -2.04. The van der Waals surface area contributed by atoms with Crippen LogP contribution in [0.1, 0.15) is 15.4 Å². The van der Waals surface area contributed by atoms with Crippen LogP contribution >= 0.6 is 34.3 Å². The fourth-order valence-corrected chi connectivity index (χ4v) is 3.81. The van der Waals surface area contributed by atoms with E-state index in [9.17, 15) is 9.59 Å². The molecule has 0 saturated heterocycles. The van der Waals surface area contributed by atoms with Gasteiger partial charge in [-0.25, -0.2) is 4.98 Å². The van der Waals surface area contributed by atoms with E-state index in [1.165, 1.54) is 29.7 Å². The van der Waals surface area contributed by atoms with E-state index >= 15 is 0 Å². The van der Waals surface area contributed by atoms with Crippen molar-refractivity contribution in [3.63, 3.8) is 0 Å². The molecule has 0 radical (unpaired) electrons. The fourth-order valence-electron chi connectivity index (χ4n) is 1.67. The summed E-state index contributed by atoms with van der Waals surface area (Å²) < 4.78 is 0.631. The van der Waals surface area contributed by atoms with Gasteiger partial charge in [-0.1, -0.05) is 11.6 Å². The number of Topliss-reactive ketones (excluding diaryl/α,β-unsaturated/α-hetero) is 1. The van der Waals surface area contributed by atoms with E-state index < -0.39 is 17.6 Å². The summed E-state index contributed by atoms with van der Waals surface area (Å²) in [6.07, 6.45) is 0. The average molecular weight is 340 g/mol. The van der Waals surface area contributed by atoms with Crippen LogP contribution in [0.5, 0.6) is 0 Å². The van der Waals surface area contributed by atoms with Crippen LogP contribution in [0.4, 0.5) is 0 Å². The molecule has 0 saturated carbocycles. The number of halogens is 1. The topological polar surface area (TPSA) is 82.9 Å². The number of nitriles is 1. The second-order valence-corrected chi connectivity index (χ2v) is 6.79. The molecule has 5 nitrogen and oxygen atoms in total. The monoisotopic (exact) mass is 339 g/mol. The van der Waals surface area contributed by atoms with Crippen LogP contribution in [0, 0.1) is 24.2 Å². The van der Waals surface area contributed by atoms with Gasteiger partial charge in [-0.05, 0) is 19.1 Å². The van der Waals surface area contributed by atoms with Crippen molar-refractivity contribution in [1.82, 2.24) is 10.3 Å². The Morgan fingerprint density at radius 1 is 1.43 bits per heavy atom. The number of carbonyl (C=O) groups excluding carboxylic acids is 2. The second kappa shape index (κ2) is 6.35. The van der Waals surface area contributed by atoms with Gasteiger partial charge in [0.2, 0.25) is 11.7 Å². The number of rotatable bonds is 4. The summed E-state index contributed by atoms with van der Waals surface area (Å²) in [4.78, 5) is 29.4. The maximum Gasteiger partial charge on any atom is 0.245 e. The third-order valence-electron chi connectivity index (χ3n) is 2.70. The van der Waals surface area contributed by atoms with E-state index in [-0.39, 0.29) is 0 Å². The van der Waals surface area contributed by atoms with Crippen LogP contribution in [0.25, 0.3) is 9.88 Å². The van der Waals surface area contributed by atoms with Gasteiger partial charge in [0.25, 0.3) is 0 Å². The number of carbonyl (C=O) groups is 2. The van der Waals surface area contributed by atoms with Crippen molar-refractivity contribution in [2.75, 3.05) is 7.05 Å². The Morgan fingerprint density at radius 3 is 2.67 bits per heavy atom. The number of thiophene rings is 1. The first-order valence-corrected chi connectivity index (χ1v) is 7.87. The number of hydrogen-bond donors (Lipinski definition) is 1. The van der Waals surface area contributed by atoms with Crippen molar-refractivity contribution in [1.29, 1.82) is 5.26 Å². The minimum absolute atomic E-state index is 0.324. The number of thiazole rings is 1. The van der Waals surface area contributed by atoms with Gasteiger partial charge in [0.1, 0.15) is 5.01 Å². The molecular weight excluding hydrogens is 330 g/mol. The van der Waals surface area contributed by atoms with Gasteiger partial charge in [-0.2, -0.15) is 5.26 Å². The largest absolute Gasteiger partial charge is 0.358 e. The summed E-state index contributed by atoms with van der Waals surface area (Å²) in [5.74, 6) is -2.49. The SMILES string of the molecule is CNC(=O)[C@H](C#N)C(=O)c1sc(-c2ccc(Cl)s2)nc1C. The summed E-state index contributed by atoms with van der Waals surface area (Å²) in [5, 5.41) is 12.0. The Bertz CT molecular complexity index is 745. The lowest BCUT2D eigenvalue weighted by atomic mass is 10.0. The fraction of sp³-hybridized carbons (Fsp3) is 0.231. The van der Waals surface area contributed by atoms with Crippen LogP contribution in [0.15, 0.2) is 12.1 Å². The third-order valence-corrected chi connectivity index (χ3v) is 5.28. The molecule has 0 aromatic carbocycles. The Kier molecular flexibility index (Phi) is 4.73. The Balaban J connectivity index is 2.37. The first-order valence-electron chi connectivity index (χ1n) is 5.86. The van der Waals surface area contributed by atoms with Crippen molar-refractivity contribution in [3.05, 3.63) is 27.0 Å². The number of ketones is 1.